The normalized spacial score (nSPS) is 21.7. The van der Waals surface area contributed by atoms with Crippen LogP contribution >= 0.6 is 0 Å². The summed E-state index contributed by atoms with van der Waals surface area (Å²) >= 11 is 0. The zero-order valence-corrected chi connectivity index (χ0v) is 13.1. The van der Waals surface area contributed by atoms with Crippen LogP contribution < -0.4 is 5.73 Å². The first kappa shape index (κ1) is 15.1. The number of rotatable bonds is 4. The molecule has 22 heavy (non-hydrogen) atoms. The maximum atomic E-state index is 12.9. The lowest BCUT2D eigenvalue weighted by Crippen LogP contribution is -2.34. The highest BCUT2D eigenvalue weighted by atomic mass is 16.5. The van der Waals surface area contributed by atoms with Gasteiger partial charge in [-0.15, -0.1) is 0 Å². The van der Waals surface area contributed by atoms with Crippen LogP contribution in [0.1, 0.15) is 29.5 Å². The highest BCUT2D eigenvalue weighted by molar-refractivity contribution is 5.99. The molecule has 0 saturated carbocycles. The molecule has 2 heterocycles. The van der Waals surface area contributed by atoms with E-state index < -0.39 is 0 Å². The number of nitrogens with two attached hydrogens (primary N) is 1. The van der Waals surface area contributed by atoms with E-state index in [1.165, 1.54) is 0 Å². The molecule has 1 aliphatic heterocycles. The molecule has 0 bridgehead atoms. The van der Waals surface area contributed by atoms with E-state index in [9.17, 15) is 4.79 Å². The summed E-state index contributed by atoms with van der Waals surface area (Å²) in [5.74, 6) is 0.324. The van der Waals surface area contributed by atoms with Crippen molar-refractivity contribution in [2.75, 3.05) is 26.7 Å². The Morgan fingerprint density at radius 2 is 2.23 bits per heavy atom. The summed E-state index contributed by atoms with van der Waals surface area (Å²) in [5, 5.41) is 0.938. The van der Waals surface area contributed by atoms with E-state index in [4.69, 9.17) is 14.9 Å². The molecule has 2 aromatic rings. The first-order valence-electron chi connectivity index (χ1n) is 7.57. The molecule has 0 spiro atoms. The molecule has 1 atom stereocenters. The van der Waals surface area contributed by atoms with Crippen molar-refractivity contribution in [1.82, 2.24) is 4.90 Å². The summed E-state index contributed by atoms with van der Waals surface area (Å²) in [6, 6.07) is 7.67. The highest BCUT2D eigenvalue weighted by Crippen LogP contribution is 2.32. The number of likely N-dealkylation sites (tertiary alicyclic amines) is 1. The summed E-state index contributed by atoms with van der Waals surface area (Å²) in [6.07, 6.45) is 0.926. The van der Waals surface area contributed by atoms with Crippen LogP contribution in [0.15, 0.2) is 28.7 Å². The fourth-order valence-corrected chi connectivity index (χ4v) is 3.07. The maximum Gasteiger partial charge on any atom is 0.290 e. The molecule has 1 aliphatic rings. The number of ether oxygens (including phenoxy) is 1. The van der Waals surface area contributed by atoms with E-state index in [-0.39, 0.29) is 11.3 Å². The van der Waals surface area contributed by atoms with Gasteiger partial charge in [-0.2, -0.15) is 0 Å². The van der Waals surface area contributed by atoms with Gasteiger partial charge in [-0.3, -0.25) is 4.79 Å². The maximum absolute atomic E-state index is 12.9. The van der Waals surface area contributed by atoms with Crippen LogP contribution in [0.5, 0.6) is 0 Å². The summed E-state index contributed by atoms with van der Waals surface area (Å²) in [5.41, 5.74) is 7.37. The van der Waals surface area contributed by atoms with Gasteiger partial charge in [-0.1, -0.05) is 25.1 Å². The molecule has 1 aromatic heterocycles. The van der Waals surface area contributed by atoms with E-state index in [1.54, 1.807) is 7.11 Å². The second kappa shape index (κ2) is 5.74. The van der Waals surface area contributed by atoms with Crippen LogP contribution in [0.3, 0.4) is 0 Å². The number of hydrogen-bond donors (Lipinski definition) is 1. The van der Waals surface area contributed by atoms with Crippen molar-refractivity contribution in [3.05, 3.63) is 35.6 Å². The van der Waals surface area contributed by atoms with Crippen molar-refractivity contribution in [2.24, 2.45) is 11.1 Å². The molecule has 5 heteroatoms. The molecular formula is C17H22N2O3. The van der Waals surface area contributed by atoms with Crippen molar-refractivity contribution >= 4 is 16.9 Å². The van der Waals surface area contributed by atoms with E-state index in [1.807, 2.05) is 29.2 Å². The zero-order valence-electron chi connectivity index (χ0n) is 13.1. The first-order chi connectivity index (χ1) is 10.6. The van der Waals surface area contributed by atoms with Gasteiger partial charge in [0.05, 0.1) is 6.61 Å². The number of nitrogens with zero attached hydrogens (tertiary/aromatic N) is 1. The molecule has 1 amide bonds. The number of methoxy groups -OCH3 is 1. The summed E-state index contributed by atoms with van der Waals surface area (Å²) in [7, 11) is 1.62. The Balaban J connectivity index is 1.96. The zero-order chi connectivity index (χ0) is 15.7. The van der Waals surface area contributed by atoms with Gasteiger partial charge in [0.1, 0.15) is 5.58 Å². The Morgan fingerprint density at radius 3 is 2.91 bits per heavy atom. The van der Waals surface area contributed by atoms with Crippen molar-refractivity contribution in [2.45, 2.75) is 20.0 Å². The molecule has 0 radical (unpaired) electrons. The average molecular weight is 302 g/mol. The van der Waals surface area contributed by atoms with Crippen LogP contribution in [0.4, 0.5) is 0 Å². The second-order valence-electron chi connectivity index (χ2n) is 6.33. The average Bonchev–Trinajstić information content (AvgIpc) is 3.10. The lowest BCUT2D eigenvalue weighted by Gasteiger charge is -2.22. The summed E-state index contributed by atoms with van der Waals surface area (Å²) in [4.78, 5) is 14.7. The van der Waals surface area contributed by atoms with Crippen LogP contribution in [0, 0.1) is 5.41 Å². The molecule has 1 aromatic carbocycles. The third-order valence-electron chi connectivity index (χ3n) is 4.52. The van der Waals surface area contributed by atoms with Gasteiger partial charge in [0.15, 0.2) is 5.76 Å². The molecule has 118 valence electrons. The van der Waals surface area contributed by atoms with E-state index in [2.05, 4.69) is 6.92 Å². The number of benzene rings is 1. The van der Waals surface area contributed by atoms with Crippen LogP contribution in [0.2, 0.25) is 0 Å². The summed E-state index contributed by atoms with van der Waals surface area (Å²) in [6.45, 7) is 4.46. The Morgan fingerprint density at radius 1 is 1.45 bits per heavy atom. The predicted molar refractivity (Wildman–Crippen MR) is 84.6 cm³/mol. The van der Waals surface area contributed by atoms with Crippen molar-refractivity contribution in [3.63, 3.8) is 0 Å². The van der Waals surface area contributed by atoms with Crippen molar-refractivity contribution < 1.29 is 13.9 Å². The molecule has 1 fully saturated rings. The minimum Gasteiger partial charge on any atom is -0.451 e. The fourth-order valence-electron chi connectivity index (χ4n) is 3.07. The number of para-hydroxylation sites is 1. The molecule has 0 aliphatic carbocycles. The predicted octanol–water partition coefficient (Wildman–Crippen LogP) is 2.39. The van der Waals surface area contributed by atoms with E-state index in [0.29, 0.717) is 25.5 Å². The number of carbonyl (C=O) groups is 1. The smallest absolute Gasteiger partial charge is 0.290 e. The number of fused-ring (bicyclic) bond motifs is 1. The van der Waals surface area contributed by atoms with Gasteiger partial charge in [-0.05, 0) is 24.4 Å². The monoisotopic (exact) mass is 302 g/mol. The standard InChI is InChI=1S/C17H22N2O3/c1-17(10-18)7-8-19(11-17)16(20)15-13(9-21-2)12-5-3-4-6-14(12)22-15/h3-6H,7-11,18H2,1-2H3. The molecule has 3 rings (SSSR count). The van der Waals surface area contributed by atoms with Crippen LogP contribution in [-0.2, 0) is 11.3 Å². The molecular weight excluding hydrogens is 280 g/mol. The van der Waals surface area contributed by atoms with Crippen LogP contribution in [0.25, 0.3) is 11.0 Å². The Labute approximate surface area is 130 Å². The Hall–Kier alpha value is -1.85. The van der Waals surface area contributed by atoms with Gasteiger partial charge in [-0.25, -0.2) is 0 Å². The highest BCUT2D eigenvalue weighted by Gasteiger charge is 2.37. The fraction of sp³-hybridized carbons (Fsp3) is 0.471. The Kier molecular flexibility index (Phi) is 3.93. The van der Waals surface area contributed by atoms with E-state index in [0.717, 1.165) is 29.5 Å². The van der Waals surface area contributed by atoms with Crippen molar-refractivity contribution in [3.8, 4) is 0 Å². The molecule has 1 saturated heterocycles. The van der Waals surface area contributed by atoms with Crippen molar-refractivity contribution in [1.29, 1.82) is 0 Å². The SMILES string of the molecule is COCc1c(C(=O)N2CCC(C)(CN)C2)oc2ccccc12. The lowest BCUT2D eigenvalue weighted by molar-refractivity contribution is 0.0741. The number of carbonyl (C=O) groups excluding carboxylic acids is 1. The lowest BCUT2D eigenvalue weighted by atomic mass is 9.90. The van der Waals surface area contributed by atoms with E-state index >= 15 is 0 Å². The molecule has 2 N–H and O–H groups in total. The number of amides is 1. The summed E-state index contributed by atoms with van der Waals surface area (Å²) < 4.78 is 11.1. The Bertz CT molecular complexity index is 694. The van der Waals surface area contributed by atoms with Gasteiger partial charge in [0.25, 0.3) is 5.91 Å². The molecule has 1 unspecified atom stereocenters. The topological polar surface area (TPSA) is 68.7 Å². The quantitative estimate of drug-likeness (QED) is 0.941. The van der Waals surface area contributed by atoms with Gasteiger partial charge in [0.2, 0.25) is 0 Å². The largest absolute Gasteiger partial charge is 0.451 e. The minimum atomic E-state index is -0.0691. The third kappa shape index (κ3) is 2.51. The molecule has 5 nitrogen and oxygen atoms in total. The number of hydrogen-bond acceptors (Lipinski definition) is 4. The van der Waals surface area contributed by atoms with Gasteiger partial charge < -0.3 is 19.8 Å². The minimum absolute atomic E-state index is 0.00307. The van der Waals surface area contributed by atoms with Gasteiger partial charge >= 0.3 is 0 Å². The first-order valence-corrected chi connectivity index (χ1v) is 7.57. The third-order valence-corrected chi connectivity index (χ3v) is 4.52. The second-order valence-corrected chi connectivity index (χ2v) is 6.33. The van der Waals surface area contributed by atoms with Crippen LogP contribution in [-0.4, -0.2) is 37.6 Å². The number of furan rings is 1. The van der Waals surface area contributed by atoms with Gasteiger partial charge in [0, 0.05) is 31.1 Å².